The lowest BCUT2D eigenvalue weighted by molar-refractivity contribution is -0.143. The Morgan fingerprint density at radius 2 is 1.72 bits per heavy atom. The van der Waals surface area contributed by atoms with E-state index in [4.69, 9.17) is 9.72 Å². The summed E-state index contributed by atoms with van der Waals surface area (Å²) in [7, 11) is 1.98. The van der Waals surface area contributed by atoms with Gasteiger partial charge in [0.2, 0.25) is 11.8 Å². The predicted molar refractivity (Wildman–Crippen MR) is 216 cm³/mol. The number of likely N-dealkylation sites (N-methyl/N-ethyl adjacent to an activating group) is 1. The van der Waals surface area contributed by atoms with Crippen LogP contribution in [0.1, 0.15) is 134 Å². The number of phenolic OH excluding ortho intramolecular Hbond substituents is 1. The number of rotatable bonds is 22. The van der Waals surface area contributed by atoms with Crippen molar-refractivity contribution in [3.8, 4) is 5.75 Å². The number of nitrogens with zero attached hydrogens (tertiary/aromatic N) is 3. The molecule has 1 fully saturated rings. The fourth-order valence-corrected chi connectivity index (χ4v) is 8.04. The Morgan fingerprint density at radius 3 is 2.31 bits per heavy atom. The minimum atomic E-state index is -0.643. The SMILES string of the molecule is CCCO[C@H](C[C@H](C(C)C)N(CCC)C(=O)[C@@H](NC(=O)[C@H]1CCCCN1C)[C@@H](C)CC)c1nc(C(=O)N[C@@H](Cc2ccc(O)cc2)C[C@H](C)C(C)=O)cs1. The van der Waals surface area contributed by atoms with Gasteiger partial charge in [-0.1, -0.05) is 73.4 Å². The summed E-state index contributed by atoms with van der Waals surface area (Å²) in [6.07, 6.45) is 6.17. The Morgan fingerprint density at radius 1 is 1.02 bits per heavy atom. The number of phenols is 1. The molecule has 1 aliphatic heterocycles. The van der Waals surface area contributed by atoms with E-state index in [1.807, 2.05) is 44.9 Å². The molecule has 1 aromatic carbocycles. The first-order valence-electron chi connectivity index (χ1n) is 20.2. The molecule has 1 aliphatic rings. The van der Waals surface area contributed by atoms with Crippen molar-refractivity contribution in [2.75, 3.05) is 26.7 Å². The topological polar surface area (TPSA) is 141 Å². The summed E-state index contributed by atoms with van der Waals surface area (Å²) in [6.45, 7) is 17.8. The van der Waals surface area contributed by atoms with Gasteiger partial charge >= 0.3 is 0 Å². The highest BCUT2D eigenvalue weighted by molar-refractivity contribution is 7.09. The molecule has 2 aromatic rings. The average Bonchev–Trinajstić information content (AvgIpc) is 3.64. The number of piperidine rings is 1. The van der Waals surface area contributed by atoms with Crippen LogP contribution in [0.15, 0.2) is 29.6 Å². The zero-order chi connectivity index (χ0) is 39.9. The monoisotopic (exact) mass is 769 g/mol. The number of aromatic nitrogens is 1. The highest BCUT2D eigenvalue weighted by Gasteiger charge is 2.38. The van der Waals surface area contributed by atoms with Crippen LogP contribution in [0.5, 0.6) is 5.75 Å². The zero-order valence-corrected chi connectivity index (χ0v) is 35.0. The Kier molecular flexibility index (Phi) is 18.6. The molecule has 0 saturated carbocycles. The molecule has 0 radical (unpaired) electrons. The van der Waals surface area contributed by atoms with Gasteiger partial charge in [-0.3, -0.25) is 24.1 Å². The van der Waals surface area contributed by atoms with Gasteiger partial charge in [0.1, 0.15) is 34.4 Å². The van der Waals surface area contributed by atoms with Crippen LogP contribution in [0.25, 0.3) is 0 Å². The van der Waals surface area contributed by atoms with Crippen LogP contribution in [0.2, 0.25) is 0 Å². The van der Waals surface area contributed by atoms with Crippen molar-refractivity contribution < 1.29 is 29.0 Å². The minimum Gasteiger partial charge on any atom is -0.508 e. The summed E-state index contributed by atoms with van der Waals surface area (Å²) in [5.41, 5.74) is 1.21. The van der Waals surface area contributed by atoms with E-state index in [-0.39, 0.29) is 70.8 Å². The van der Waals surface area contributed by atoms with Gasteiger partial charge in [-0.2, -0.15) is 0 Å². The predicted octanol–water partition coefficient (Wildman–Crippen LogP) is 6.94. The molecule has 54 heavy (non-hydrogen) atoms. The van der Waals surface area contributed by atoms with Gasteiger partial charge in [0.25, 0.3) is 5.91 Å². The van der Waals surface area contributed by atoms with Gasteiger partial charge in [-0.05, 0) is 88.6 Å². The van der Waals surface area contributed by atoms with Gasteiger partial charge < -0.3 is 25.4 Å². The molecule has 3 N–H and O–H groups in total. The maximum atomic E-state index is 14.6. The number of aromatic hydroxyl groups is 1. The van der Waals surface area contributed by atoms with Crippen molar-refractivity contribution in [1.29, 1.82) is 0 Å². The molecular weight excluding hydrogens is 703 g/mol. The van der Waals surface area contributed by atoms with Crippen molar-refractivity contribution in [3.05, 3.63) is 45.9 Å². The number of benzene rings is 1. The number of likely N-dealkylation sites (tertiary alicyclic amines) is 1. The third kappa shape index (κ3) is 13.2. The number of amides is 3. The zero-order valence-electron chi connectivity index (χ0n) is 34.2. The van der Waals surface area contributed by atoms with Crippen molar-refractivity contribution in [3.63, 3.8) is 0 Å². The van der Waals surface area contributed by atoms with Crippen molar-refractivity contribution >= 4 is 34.8 Å². The van der Waals surface area contributed by atoms with Gasteiger partial charge in [-0.25, -0.2) is 4.98 Å². The standard InChI is InChI=1S/C42H67N5O6S/c1-10-20-47(42(52)38(28(6)12-3)45-40(51)35-15-13-14-21-46(35)9)36(27(4)5)25-37(53-22-11-2)41-44-34(26-54-41)39(50)43-32(23-29(7)30(8)48)24-31-16-18-33(49)19-17-31/h16-19,26-29,32,35-38,49H,10-15,20-25H2,1-9H3,(H,43,50)(H,45,51)/t28-,29-,32+,35+,36+,37+,38-/m0/s1. The smallest absolute Gasteiger partial charge is 0.270 e. The number of hydrogen-bond acceptors (Lipinski definition) is 9. The lowest BCUT2D eigenvalue weighted by atomic mass is 9.92. The van der Waals surface area contributed by atoms with Crippen molar-refractivity contribution in [2.45, 2.75) is 143 Å². The van der Waals surface area contributed by atoms with Gasteiger partial charge in [-0.15, -0.1) is 11.3 Å². The molecule has 1 saturated heterocycles. The van der Waals surface area contributed by atoms with E-state index in [0.717, 1.165) is 50.6 Å². The van der Waals surface area contributed by atoms with E-state index < -0.39 is 12.1 Å². The van der Waals surface area contributed by atoms with E-state index in [0.29, 0.717) is 37.4 Å². The largest absolute Gasteiger partial charge is 0.508 e. The number of thiazole rings is 1. The van der Waals surface area contributed by atoms with Gasteiger partial charge in [0.05, 0.1) is 6.04 Å². The normalized spacial score (nSPS) is 18.3. The van der Waals surface area contributed by atoms with E-state index in [1.54, 1.807) is 24.4 Å². The van der Waals surface area contributed by atoms with E-state index >= 15 is 0 Å². The van der Waals surface area contributed by atoms with Crippen molar-refractivity contribution in [2.24, 2.45) is 17.8 Å². The maximum Gasteiger partial charge on any atom is 0.270 e. The molecular formula is C42H67N5O6S. The first kappa shape index (κ1) is 45.0. The second-order valence-electron chi connectivity index (χ2n) is 15.7. The summed E-state index contributed by atoms with van der Waals surface area (Å²) in [4.78, 5) is 62.9. The molecule has 11 nitrogen and oxygen atoms in total. The van der Waals surface area contributed by atoms with E-state index in [1.165, 1.54) is 11.3 Å². The molecule has 7 atom stereocenters. The Hall–Kier alpha value is -3.35. The second-order valence-corrected chi connectivity index (χ2v) is 16.6. The summed E-state index contributed by atoms with van der Waals surface area (Å²) >= 11 is 1.37. The lowest BCUT2D eigenvalue weighted by Gasteiger charge is -2.40. The van der Waals surface area contributed by atoms with Gasteiger partial charge in [0, 0.05) is 43.0 Å². The van der Waals surface area contributed by atoms with E-state index in [9.17, 15) is 24.3 Å². The minimum absolute atomic E-state index is 0.0500. The Labute approximate surface area is 328 Å². The Balaban J connectivity index is 1.86. The van der Waals surface area contributed by atoms with Crippen LogP contribution < -0.4 is 10.6 Å². The second kappa shape index (κ2) is 22.3. The number of carbonyl (C=O) groups excluding carboxylic acids is 4. The molecule has 0 spiro atoms. The molecule has 2 heterocycles. The molecule has 12 heteroatoms. The van der Waals surface area contributed by atoms with Gasteiger partial charge in [0.15, 0.2) is 0 Å². The number of nitrogens with one attached hydrogen (secondary N) is 2. The van der Waals surface area contributed by atoms with Crippen molar-refractivity contribution in [1.82, 2.24) is 25.4 Å². The summed E-state index contributed by atoms with van der Waals surface area (Å²) < 4.78 is 6.44. The molecule has 1 aromatic heterocycles. The van der Waals surface area contributed by atoms with Crippen LogP contribution in [-0.2, 0) is 25.5 Å². The number of Topliss-reactive ketones (excluding diaryl/α,β-unsaturated/α-hetero) is 1. The van der Waals surface area contributed by atoms with Crippen LogP contribution in [0.4, 0.5) is 0 Å². The third-order valence-corrected chi connectivity index (χ3v) is 11.8. The molecule has 0 bridgehead atoms. The summed E-state index contributed by atoms with van der Waals surface area (Å²) in [5.74, 6) is -0.464. The molecule has 0 aliphatic carbocycles. The van der Waals surface area contributed by atoms with Crippen LogP contribution in [-0.4, -0.2) is 94.3 Å². The van der Waals surface area contributed by atoms with Crippen LogP contribution >= 0.6 is 11.3 Å². The number of hydrogen-bond donors (Lipinski definition) is 3. The van der Waals surface area contributed by atoms with Crippen LogP contribution in [0, 0.1) is 17.8 Å². The first-order valence-corrected chi connectivity index (χ1v) is 21.1. The molecule has 3 rings (SSSR count). The fourth-order valence-electron chi connectivity index (χ4n) is 7.18. The van der Waals surface area contributed by atoms with E-state index in [2.05, 4.69) is 43.2 Å². The lowest BCUT2D eigenvalue weighted by Crippen LogP contribution is -2.58. The van der Waals surface area contributed by atoms with Crippen LogP contribution in [0.3, 0.4) is 0 Å². The summed E-state index contributed by atoms with van der Waals surface area (Å²) in [6, 6.07) is 5.45. The maximum absolute atomic E-state index is 14.6. The Bertz CT molecular complexity index is 1480. The fraction of sp³-hybridized carbons (Fsp3) is 0.690. The highest BCUT2D eigenvalue weighted by Crippen LogP contribution is 2.32. The first-order chi connectivity index (χ1) is 25.7. The average molecular weight is 770 g/mol. The number of ether oxygens (including phenoxy) is 1. The summed E-state index contributed by atoms with van der Waals surface area (Å²) in [5, 5.41) is 18.5. The molecule has 3 amide bonds. The molecule has 0 unspecified atom stereocenters. The number of carbonyl (C=O) groups is 4. The third-order valence-electron chi connectivity index (χ3n) is 10.9. The highest BCUT2D eigenvalue weighted by atomic mass is 32.1. The molecule has 302 valence electrons. The quantitative estimate of drug-likeness (QED) is 0.117. The number of ketones is 1.